The summed E-state index contributed by atoms with van der Waals surface area (Å²) in [6.45, 7) is 11.4. The summed E-state index contributed by atoms with van der Waals surface area (Å²) in [6.07, 6.45) is 0. The highest BCUT2D eigenvalue weighted by Crippen LogP contribution is 2.29. The van der Waals surface area contributed by atoms with Crippen LogP contribution in [0.4, 0.5) is 0 Å². The Hall–Kier alpha value is 0.390. The molecular weight excluding hydrogens is 117 g/mol. The summed E-state index contributed by atoms with van der Waals surface area (Å²) in [5.74, 6) is 0. The molecule has 0 aliphatic carbocycles. The Kier molecular flexibility index (Phi) is 4.50. The van der Waals surface area contributed by atoms with Gasteiger partial charge in [-0.2, -0.15) is 0 Å². The molecule has 0 heterocycles. The Morgan fingerprint density at radius 2 is 1.50 bits per heavy atom. The molecule has 0 aliphatic rings. The molecule has 0 bridgehead atoms. The summed E-state index contributed by atoms with van der Waals surface area (Å²) in [4.78, 5) is 0. The molecule has 1 nitrogen and oxygen atoms in total. The summed E-state index contributed by atoms with van der Waals surface area (Å²) in [6, 6.07) is 0. The number of nitrogens with zero attached hydrogens (tertiary/aromatic N) is 1. The summed E-state index contributed by atoms with van der Waals surface area (Å²) >= 11 is 0. The van der Waals surface area contributed by atoms with E-state index < -0.39 is 0 Å². The lowest BCUT2D eigenvalue weighted by molar-refractivity contribution is 0.510. The van der Waals surface area contributed by atoms with Crippen molar-refractivity contribution >= 4 is 8.07 Å². The standard InChI is InChI=1S/C6H16NP/c1-5-7(6-2)8(3)4/h5-6H2,1-4H3. The van der Waals surface area contributed by atoms with Crippen molar-refractivity contribution < 1.29 is 0 Å². The molecule has 0 amide bonds. The third-order valence-electron chi connectivity index (χ3n) is 1.30. The minimum atomic E-state index is 0.169. The molecule has 0 rings (SSSR count). The highest BCUT2D eigenvalue weighted by Gasteiger charge is 2.00. The Morgan fingerprint density at radius 3 is 1.50 bits per heavy atom. The van der Waals surface area contributed by atoms with E-state index in [0.717, 1.165) is 0 Å². The zero-order chi connectivity index (χ0) is 6.57. The van der Waals surface area contributed by atoms with E-state index in [1.165, 1.54) is 13.1 Å². The zero-order valence-corrected chi connectivity index (χ0v) is 7.20. The lowest BCUT2D eigenvalue weighted by Crippen LogP contribution is -2.15. The van der Waals surface area contributed by atoms with Gasteiger partial charge >= 0.3 is 0 Å². The van der Waals surface area contributed by atoms with E-state index in [2.05, 4.69) is 31.8 Å². The Morgan fingerprint density at radius 1 is 1.12 bits per heavy atom. The van der Waals surface area contributed by atoms with Crippen LogP contribution in [0.15, 0.2) is 0 Å². The predicted molar refractivity (Wildman–Crippen MR) is 41.7 cm³/mol. The third-order valence-corrected chi connectivity index (χ3v) is 2.99. The van der Waals surface area contributed by atoms with Crippen LogP contribution < -0.4 is 0 Å². The van der Waals surface area contributed by atoms with Crippen LogP contribution in [0.5, 0.6) is 0 Å². The molecule has 8 heavy (non-hydrogen) atoms. The molecule has 0 aliphatic heterocycles. The van der Waals surface area contributed by atoms with E-state index in [1.54, 1.807) is 0 Å². The molecule has 0 saturated carbocycles. The van der Waals surface area contributed by atoms with Gasteiger partial charge in [0, 0.05) is 0 Å². The van der Waals surface area contributed by atoms with Gasteiger partial charge in [0.15, 0.2) is 0 Å². The fourth-order valence-corrected chi connectivity index (χ4v) is 1.92. The third kappa shape index (κ3) is 2.64. The van der Waals surface area contributed by atoms with Crippen LogP contribution in [-0.4, -0.2) is 31.1 Å². The van der Waals surface area contributed by atoms with E-state index in [0.29, 0.717) is 0 Å². The summed E-state index contributed by atoms with van der Waals surface area (Å²) in [7, 11) is 0.169. The smallest absolute Gasteiger partial charge is 0.000784 e. The molecule has 0 radical (unpaired) electrons. The Balaban J connectivity index is 3.35. The molecule has 0 saturated heterocycles. The molecule has 0 spiro atoms. The van der Waals surface area contributed by atoms with Gasteiger partial charge in [-0.25, -0.2) is 0 Å². The fourth-order valence-electron chi connectivity index (χ4n) is 0.789. The van der Waals surface area contributed by atoms with Gasteiger partial charge in [-0.15, -0.1) is 0 Å². The van der Waals surface area contributed by atoms with Crippen LogP contribution in [0.1, 0.15) is 13.8 Å². The van der Waals surface area contributed by atoms with E-state index in [1.807, 2.05) is 0 Å². The Bertz CT molecular complexity index is 50.5. The monoisotopic (exact) mass is 133 g/mol. The van der Waals surface area contributed by atoms with Crippen molar-refractivity contribution in [3.05, 3.63) is 0 Å². The van der Waals surface area contributed by atoms with Crippen molar-refractivity contribution in [1.82, 2.24) is 4.67 Å². The first kappa shape index (κ1) is 8.39. The SMILES string of the molecule is CCN(CC)P(C)C. The molecule has 0 N–H and O–H groups in total. The van der Waals surface area contributed by atoms with Gasteiger partial charge in [0.05, 0.1) is 0 Å². The first-order valence-corrected chi connectivity index (χ1v) is 5.33. The number of hydrogen-bond acceptors (Lipinski definition) is 1. The second-order valence-electron chi connectivity index (χ2n) is 1.99. The lowest BCUT2D eigenvalue weighted by Gasteiger charge is -2.22. The molecule has 50 valence electrons. The van der Waals surface area contributed by atoms with Crippen LogP contribution in [-0.2, 0) is 0 Å². The van der Waals surface area contributed by atoms with Crippen LogP contribution in [0.2, 0.25) is 0 Å². The summed E-state index contributed by atoms with van der Waals surface area (Å²) in [5.41, 5.74) is 0. The highest BCUT2D eigenvalue weighted by molar-refractivity contribution is 7.53. The molecule has 0 aromatic rings. The van der Waals surface area contributed by atoms with Crippen molar-refractivity contribution in [2.45, 2.75) is 13.8 Å². The average molecular weight is 133 g/mol. The molecule has 0 fully saturated rings. The van der Waals surface area contributed by atoms with E-state index in [9.17, 15) is 0 Å². The molecule has 0 unspecified atom stereocenters. The van der Waals surface area contributed by atoms with Gasteiger partial charge < -0.3 is 0 Å². The van der Waals surface area contributed by atoms with E-state index >= 15 is 0 Å². The number of hydrogen-bond donors (Lipinski definition) is 0. The van der Waals surface area contributed by atoms with Crippen LogP contribution in [0.25, 0.3) is 0 Å². The van der Waals surface area contributed by atoms with Gasteiger partial charge in [-0.3, -0.25) is 4.67 Å². The molecule has 0 aromatic carbocycles. The maximum Gasteiger partial charge on any atom is -0.000784 e. The van der Waals surface area contributed by atoms with Crippen molar-refractivity contribution in [3.8, 4) is 0 Å². The van der Waals surface area contributed by atoms with Crippen molar-refractivity contribution in [2.75, 3.05) is 26.4 Å². The summed E-state index contributed by atoms with van der Waals surface area (Å²) < 4.78 is 2.48. The van der Waals surface area contributed by atoms with Crippen molar-refractivity contribution in [1.29, 1.82) is 0 Å². The topological polar surface area (TPSA) is 3.24 Å². The van der Waals surface area contributed by atoms with Gasteiger partial charge in [-0.05, 0) is 34.5 Å². The fraction of sp³-hybridized carbons (Fsp3) is 1.00. The molecule has 0 aromatic heterocycles. The first-order chi connectivity index (χ1) is 3.72. The molecule has 0 atom stereocenters. The molecular formula is C6H16NP. The van der Waals surface area contributed by atoms with E-state index in [-0.39, 0.29) is 8.07 Å². The maximum atomic E-state index is 2.48. The maximum absolute atomic E-state index is 2.48. The quantitative estimate of drug-likeness (QED) is 0.532. The van der Waals surface area contributed by atoms with Gasteiger partial charge in [0.1, 0.15) is 0 Å². The minimum Gasteiger partial charge on any atom is -0.283 e. The van der Waals surface area contributed by atoms with Gasteiger partial charge in [-0.1, -0.05) is 13.8 Å². The average Bonchev–Trinajstić information content (AvgIpc) is 1.69. The second-order valence-corrected chi connectivity index (χ2v) is 4.25. The van der Waals surface area contributed by atoms with Crippen molar-refractivity contribution in [2.24, 2.45) is 0 Å². The van der Waals surface area contributed by atoms with Gasteiger partial charge in [0.2, 0.25) is 0 Å². The number of rotatable bonds is 3. The second kappa shape index (κ2) is 4.29. The first-order valence-electron chi connectivity index (χ1n) is 3.14. The van der Waals surface area contributed by atoms with Crippen LogP contribution in [0, 0.1) is 0 Å². The minimum absolute atomic E-state index is 0.169. The van der Waals surface area contributed by atoms with Crippen LogP contribution >= 0.6 is 8.07 Å². The lowest BCUT2D eigenvalue weighted by atomic mass is 10.7. The van der Waals surface area contributed by atoms with Crippen molar-refractivity contribution in [3.63, 3.8) is 0 Å². The normalized spacial score (nSPS) is 11.2. The van der Waals surface area contributed by atoms with Gasteiger partial charge in [0.25, 0.3) is 0 Å². The van der Waals surface area contributed by atoms with Crippen LogP contribution in [0.3, 0.4) is 0 Å². The largest absolute Gasteiger partial charge is 0.283 e. The highest BCUT2D eigenvalue weighted by atomic mass is 31.1. The predicted octanol–water partition coefficient (Wildman–Crippen LogP) is 1.98. The zero-order valence-electron chi connectivity index (χ0n) is 6.31. The molecule has 2 heteroatoms. The Labute approximate surface area is 53.9 Å². The van der Waals surface area contributed by atoms with E-state index in [4.69, 9.17) is 0 Å². The summed E-state index contributed by atoms with van der Waals surface area (Å²) in [5, 5.41) is 0.